The molecule has 2 aromatic rings. The molecule has 2 heterocycles. The smallest absolute Gasteiger partial charge is 0.336 e. The van der Waals surface area contributed by atoms with Gasteiger partial charge in [-0.15, -0.1) is 10.2 Å². The molecule has 0 aliphatic carbocycles. The molecule has 1 N–H and O–H groups in total. The third-order valence-corrected chi connectivity index (χ3v) is 2.22. The van der Waals surface area contributed by atoms with Crippen LogP contribution in [0.25, 0.3) is 5.65 Å². The van der Waals surface area contributed by atoms with Crippen molar-refractivity contribution in [3.8, 4) is 0 Å². The van der Waals surface area contributed by atoms with Crippen molar-refractivity contribution in [2.75, 3.05) is 0 Å². The molecule has 2 aromatic heterocycles. The predicted molar refractivity (Wildman–Crippen MR) is 49.4 cm³/mol. The van der Waals surface area contributed by atoms with Crippen LogP contribution >= 0.6 is 0 Å². The average Bonchev–Trinajstić information content (AvgIpc) is 2.50. The first-order valence-electron chi connectivity index (χ1n) is 4.14. The maximum Gasteiger partial charge on any atom is 0.336 e. The van der Waals surface area contributed by atoms with Gasteiger partial charge in [0, 0.05) is 11.8 Å². The highest BCUT2D eigenvalue weighted by atomic mass is 16.4. The first-order valence-corrected chi connectivity index (χ1v) is 4.14. The van der Waals surface area contributed by atoms with Crippen molar-refractivity contribution < 1.29 is 9.90 Å². The third kappa shape index (κ3) is 1.06. The number of aryl methyl sites for hydroxylation is 2. The summed E-state index contributed by atoms with van der Waals surface area (Å²) in [7, 11) is 0. The topological polar surface area (TPSA) is 67.5 Å². The monoisotopic (exact) mass is 191 g/mol. The molecule has 0 atom stereocenters. The van der Waals surface area contributed by atoms with Crippen molar-refractivity contribution in [2.45, 2.75) is 13.8 Å². The molecule has 0 amide bonds. The summed E-state index contributed by atoms with van der Waals surface area (Å²) >= 11 is 0. The van der Waals surface area contributed by atoms with Crippen molar-refractivity contribution in [3.05, 3.63) is 29.2 Å². The van der Waals surface area contributed by atoms with Crippen LogP contribution in [0, 0.1) is 13.8 Å². The second kappa shape index (κ2) is 2.80. The van der Waals surface area contributed by atoms with Gasteiger partial charge in [0.15, 0.2) is 5.65 Å². The Kier molecular flexibility index (Phi) is 1.73. The molecule has 14 heavy (non-hydrogen) atoms. The second-order valence-corrected chi connectivity index (χ2v) is 3.18. The van der Waals surface area contributed by atoms with E-state index < -0.39 is 5.97 Å². The van der Waals surface area contributed by atoms with Gasteiger partial charge in [-0.3, -0.25) is 4.40 Å². The number of hydrogen-bond acceptors (Lipinski definition) is 3. The number of carboxylic acid groups (broad SMARTS) is 1. The first-order chi connectivity index (χ1) is 6.61. The van der Waals surface area contributed by atoms with Gasteiger partial charge in [-0.25, -0.2) is 4.79 Å². The van der Waals surface area contributed by atoms with Gasteiger partial charge in [0.1, 0.15) is 6.33 Å². The molecule has 5 nitrogen and oxygen atoms in total. The Bertz CT molecular complexity index is 516. The maximum absolute atomic E-state index is 11.0. The number of nitrogens with zero attached hydrogens (tertiary/aromatic N) is 3. The van der Waals surface area contributed by atoms with E-state index >= 15 is 0 Å². The standard InChI is InChI=1S/C9H9N3O2/c1-5-3-12-4-10-11-8(12)6(2)7(5)9(13)14/h3-4H,1-2H3,(H,13,14). The Morgan fingerprint density at radius 1 is 1.50 bits per heavy atom. The predicted octanol–water partition coefficient (Wildman–Crippen LogP) is 1.04. The molecule has 0 aliphatic rings. The fourth-order valence-electron chi connectivity index (χ4n) is 1.62. The minimum atomic E-state index is -0.925. The number of aromatic carboxylic acids is 1. The summed E-state index contributed by atoms with van der Waals surface area (Å²) in [6.07, 6.45) is 3.27. The van der Waals surface area contributed by atoms with Gasteiger partial charge < -0.3 is 5.11 Å². The third-order valence-electron chi connectivity index (χ3n) is 2.22. The van der Waals surface area contributed by atoms with Crippen LogP contribution in [-0.2, 0) is 0 Å². The highest BCUT2D eigenvalue weighted by Gasteiger charge is 2.14. The maximum atomic E-state index is 11.0. The van der Waals surface area contributed by atoms with E-state index in [2.05, 4.69) is 10.2 Å². The molecule has 0 aliphatic heterocycles. The fourth-order valence-corrected chi connectivity index (χ4v) is 1.62. The molecular weight excluding hydrogens is 182 g/mol. The van der Waals surface area contributed by atoms with Crippen LogP contribution in [0.3, 0.4) is 0 Å². The number of fused-ring (bicyclic) bond motifs is 1. The summed E-state index contributed by atoms with van der Waals surface area (Å²) < 4.78 is 1.72. The number of carbonyl (C=O) groups is 1. The van der Waals surface area contributed by atoms with Crippen molar-refractivity contribution in [2.24, 2.45) is 0 Å². The summed E-state index contributed by atoms with van der Waals surface area (Å²) in [5, 5.41) is 16.6. The van der Waals surface area contributed by atoms with E-state index in [-0.39, 0.29) is 0 Å². The quantitative estimate of drug-likeness (QED) is 0.731. The van der Waals surface area contributed by atoms with Crippen LogP contribution in [-0.4, -0.2) is 25.7 Å². The summed E-state index contributed by atoms with van der Waals surface area (Å²) in [5.41, 5.74) is 2.26. The minimum absolute atomic E-state index is 0.311. The van der Waals surface area contributed by atoms with Gasteiger partial charge in [-0.05, 0) is 19.4 Å². The van der Waals surface area contributed by atoms with Crippen LogP contribution in [0.4, 0.5) is 0 Å². The molecule has 0 fully saturated rings. The zero-order chi connectivity index (χ0) is 10.3. The van der Waals surface area contributed by atoms with Gasteiger partial charge >= 0.3 is 5.97 Å². The van der Waals surface area contributed by atoms with E-state index in [9.17, 15) is 4.79 Å². The molecule has 2 rings (SSSR count). The lowest BCUT2D eigenvalue weighted by molar-refractivity contribution is 0.0695. The van der Waals surface area contributed by atoms with Crippen LogP contribution in [0.1, 0.15) is 21.5 Å². The first kappa shape index (κ1) is 8.68. The van der Waals surface area contributed by atoms with Gasteiger partial charge in [-0.1, -0.05) is 0 Å². The van der Waals surface area contributed by atoms with Crippen LogP contribution in [0.5, 0.6) is 0 Å². The normalized spacial score (nSPS) is 10.7. The van der Waals surface area contributed by atoms with Gasteiger partial charge in [0.25, 0.3) is 0 Å². The Morgan fingerprint density at radius 2 is 2.21 bits per heavy atom. The van der Waals surface area contributed by atoms with Gasteiger partial charge in [-0.2, -0.15) is 0 Å². The van der Waals surface area contributed by atoms with Crippen LogP contribution in [0.2, 0.25) is 0 Å². The lowest BCUT2D eigenvalue weighted by Crippen LogP contribution is -2.05. The van der Waals surface area contributed by atoms with Crippen molar-refractivity contribution >= 4 is 11.6 Å². The van der Waals surface area contributed by atoms with E-state index in [0.717, 1.165) is 0 Å². The van der Waals surface area contributed by atoms with Gasteiger partial charge in [0.05, 0.1) is 5.56 Å². The number of pyridine rings is 1. The van der Waals surface area contributed by atoms with E-state index in [0.29, 0.717) is 22.3 Å². The number of rotatable bonds is 1. The second-order valence-electron chi connectivity index (χ2n) is 3.18. The Labute approximate surface area is 80.0 Å². The minimum Gasteiger partial charge on any atom is -0.478 e. The lowest BCUT2D eigenvalue weighted by atomic mass is 10.1. The molecular formula is C9H9N3O2. The number of carboxylic acids is 1. The highest BCUT2D eigenvalue weighted by Crippen LogP contribution is 2.17. The zero-order valence-electron chi connectivity index (χ0n) is 7.85. The molecule has 72 valence electrons. The van der Waals surface area contributed by atoms with Crippen LogP contribution < -0.4 is 0 Å². The van der Waals surface area contributed by atoms with E-state index in [1.165, 1.54) is 0 Å². The summed E-state index contributed by atoms with van der Waals surface area (Å²) in [6, 6.07) is 0. The summed E-state index contributed by atoms with van der Waals surface area (Å²) in [6.45, 7) is 3.50. The van der Waals surface area contributed by atoms with Crippen molar-refractivity contribution in [1.29, 1.82) is 0 Å². The molecule has 0 saturated heterocycles. The molecule has 0 spiro atoms. The molecule has 5 heteroatoms. The average molecular weight is 191 g/mol. The van der Waals surface area contributed by atoms with Crippen molar-refractivity contribution in [3.63, 3.8) is 0 Å². The zero-order valence-corrected chi connectivity index (χ0v) is 7.85. The van der Waals surface area contributed by atoms with Gasteiger partial charge in [0.2, 0.25) is 0 Å². The number of aromatic nitrogens is 3. The highest BCUT2D eigenvalue weighted by molar-refractivity contribution is 5.92. The molecule has 0 saturated carbocycles. The molecule has 0 aromatic carbocycles. The Hall–Kier alpha value is -1.91. The fraction of sp³-hybridized carbons (Fsp3) is 0.222. The lowest BCUT2D eigenvalue weighted by Gasteiger charge is -2.05. The van der Waals surface area contributed by atoms with E-state index in [1.54, 1.807) is 30.8 Å². The van der Waals surface area contributed by atoms with Crippen LogP contribution in [0.15, 0.2) is 12.5 Å². The number of hydrogen-bond donors (Lipinski definition) is 1. The van der Waals surface area contributed by atoms with E-state index in [4.69, 9.17) is 5.11 Å². The SMILES string of the molecule is Cc1cn2cnnc2c(C)c1C(=O)O. The largest absolute Gasteiger partial charge is 0.478 e. The molecule has 0 unspecified atom stereocenters. The molecule has 0 radical (unpaired) electrons. The summed E-state index contributed by atoms with van der Waals surface area (Å²) in [5.74, 6) is -0.925. The van der Waals surface area contributed by atoms with Crippen molar-refractivity contribution in [1.82, 2.24) is 14.6 Å². The Morgan fingerprint density at radius 3 is 2.86 bits per heavy atom. The Balaban J connectivity index is 2.89. The molecule has 0 bridgehead atoms. The summed E-state index contributed by atoms with van der Waals surface area (Å²) in [4.78, 5) is 11.0. The van der Waals surface area contributed by atoms with E-state index in [1.807, 2.05) is 0 Å².